The van der Waals surface area contributed by atoms with E-state index in [0.29, 0.717) is 19.3 Å². The fourth-order valence-electron chi connectivity index (χ4n) is 3.97. The normalized spacial score (nSPS) is 12.4. The number of amides is 3. The lowest BCUT2D eigenvalue weighted by Gasteiger charge is -2.33. The van der Waals surface area contributed by atoms with Gasteiger partial charge in [-0.25, -0.2) is 0 Å². The van der Waals surface area contributed by atoms with Gasteiger partial charge in [0.1, 0.15) is 12.2 Å². The van der Waals surface area contributed by atoms with Crippen LogP contribution in [-0.2, 0) is 27.2 Å². The minimum Gasteiger partial charge on any atom is -0.362 e. The van der Waals surface area contributed by atoms with Crippen molar-refractivity contribution in [2.75, 3.05) is 19.4 Å². The summed E-state index contributed by atoms with van der Waals surface area (Å²) in [5, 5.41) is 11.7. The fourth-order valence-corrected chi connectivity index (χ4v) is 3.97. The van der Waals surface area contributed by atoms with E-state index < -0.39 is 17.7 Å². The van der Waals surface area contributed by atoms with Gasteiger partial charge in [-0.1, -0.05) is 56.8 Å². The standard InChI is InChI=1S/C29H40N6O3.C2H6/c1-7-31-23-15-11-9-13-21(23)17-18-26(33-20-36)35(6)27(37)25(34-28(38)29(3,4)30-5)19-22-14-10-12-16-24(22)32-8-2;1-2/h7-16,20,25-26,30,32H,2,17-19H2,1,3-6H3,(H,33,36)(H,34,38);1-2H3/t25-,26?;/m1./s1. The molecule has 0 heterocycles. The predicted octanol–water partition coefficient (Wildman–Crippen LogP) is 4.18. The molecule has 0 fully saturated rings. The first-order chi connectivity index (χ1) is 19.2. The molecule has 0 aliphatic rings. The van der Waals surface area contributed by atoms with E-state index in [-0.39, 0.29) is 18.2 Å². The van der Waals surface area contributed by atoms with Gasteiger partial charge in [-0.15, -0.1) is 0 Å². The Hall–Kier alpha value is -3.98. The minimum absolute atomic E-state index is 0.244. The number of nitrogens with zero attached hydrogens (tertiary/aromatic N) is 2. The maximum atomic E-state index is 13.8. The van der Waals surface area contributed by atoms with Crippen LogP contribution in [-0.4, -0.2) is 61.2 Å². The minimum atomic E-state index is -0.889. The van der Waals surface area contributed by atoms with Crippen molar-refractivity contribution in [3.05, 3.63) is 72.4 Å². The highest BCUT2D eigenvalue weighted by Crippen LogP contribution is 2.22. The zero-order valence-electron chi connectivity index (χ0n) is 25.0. The lowest BCUT2D eigenvalue weighted by atomic mass is 9.99. The quantitative estimate of drug-likeness (QED) is 0.151. The van der Waals surface area contributed by atoms with Crippen LogP contribution in [0.2, 0.25) is 0 Å². The molecule has 0 aliphatic carbocycles. The Morgan fingerprint density at radius 1 is 1.07 bits per heavy atom. The molecule has 0 saturated carbocycles. The molecule has 218 valence electrons. The van der Waals surface area contributed by atoms with E-state index in [9.17, 15) is 14.4 Å². The first-order valence-electron chi connectivity index (χ1n) is 13.7. The molecule has 0 bridgehead atoms. The molecule has 40 heavy (non-hydrogen) atoms. The van der Waals surface area contributed by atoms with Gasteiger partial charge in [0.2, 0.25) is 18.2 Å². The van der Waals surface area contributed by atoms with Crippen LogP contribution in [0.1, 0.15) is 52.2 Å². The second-order valence-corrected chi connectivity index (χ2v) is 9.41. The molecular formula is C31H46N6O3. The average Bonchev–Trinajstić information content (AvgIpc) is 2.97. The summed E-state index contributed by atoms with van der Waals surface area (Å²) in [7, 11) is 3.33. The SMILES string of the molecule is C=CNc1ccccc1C[C@@H](NC(=O)C(C)(C)NC)C(=O)N(C)C(CCc1ccccc1N=CC)NC=O.CC. The largest absolute Gasteiger partial charge is 0.362 e. The summed E-state index contributed by atoms with van der Waals surface area (Å²) in [6.07, 6.45) is 4.60. The highest BCUT2D eigenvalue weighted by atomic mass is 16.2. The van der Waals surface area contributed by atoms with Crippen molar-refractivity contribution in [3.63, 3.8) is 0 Å². The Kier molecular flexibility index (Phi) is 15.0. The number of nitrogens with one attached hydrogen (secondary N) is 4. The lowest BCUT2D eigenvalue weighted by molar-refractivity contribution is -0.139. The summed E-state index contributed by atoms with van der Waals surface area (Å²) in [4.78, 5) is 44.3. The summed E-state index contributed by atoms with van der Waals surface area (Å²) >= 11 is 0. The number of hydrogen-bond donors (Lipinski definition) is 4. The number of para-hydroxylation sites is 2. The van der Waals surface area contributed by atoms with Crippen LogP contribution in [0, 0.1) is 0 Å². The molecule has 0 aromatic heterocycles. The van der Waals surface area contributed by atoms with Crippen LogP contribution in [0.5, 0.6) is 0 Å². The van der Waals surface area contributed by atoms with Gasteiger partial charge in [-0.05, 0) is 70.1 Å². The molecule has 2 aromatic carbocycles. The van der Waals surface area contributed by atoms with E-state index in [2.05, 4.69) is 32.8 Å². The van der Waals surface area contributed by atoms with E-state index in [1.165, 1.54) is 4.90 Å². The van der Waals surface area contributed by atoms with Gasteiger partial charge in [0.15, 0.2) is 0 Å². The van der Waals surface area contributed by atoms with Gasteiger partial charge in [-0.2, -0.15) is 0 Å². The zero-order chi connectivity index (χ0) is 30.1. The highest BCUT2D eigenvalue weighted by Gasteiger charge is 2.33. The first kappa shape index (κ1) is 34.0. The number of carbonyl (C=O) groups is 3. The Balaban J connectivity index is 0.00000391. The van der Waals surface area contributed by atoms with Crippen molar-refractivity contribution in [1.29, 1.82) is 0 Å². The van der Waals surface area contributed by atoms with Gasteiger partial charge in [0.25, 0.3) is 0 Å². The van der Waals surface area contributed by atoms with Crippen molar-refractivity contribution in [2.45, 2.75) is 71.6 Å². The van der Waals surface area contributed by atoms with E-state index in [1.807, 2.05) is 69.3 Å². The molecule has 4 N–H and O–H groups in total. The van der Waals surface area contributed by atoms with Gasteiger partial charge in [0, 0.05) is 25.4 Å². The third-order valence-electron chi connectivity index (χ3n) is 6.52. The topological polar surface area (TPSA) is 115 Å². The average molecular weight is 551 g/mol. The molecule has 0 spiro atoms. The maximum Gasteiger partial charge on any atom is 0.246 e. The Bertz CT molecular complexity index is 1130. The molecule has 2 rings (SSSR count). The van der Waals surface area contributed by atoms with Gasteiger partial charge in [0.05, 0.1) is 11.2 Å². The molecule has 2 aromatic rings. The second-order valence-electron chi connectivity index (χ2n) is 9.41. The van der Waals surface area contributed by atoms with Crippen molar-refractivity contribution >= 4 is 35.8 Å². The summed E-state index contributed by atoms with van der Waals surface area (Å²) in [6, 6.07) is 14.4. The number of benzene rings is 2. The number of aliphatic imine (C=N–C) groups is 1. The number of hydrogen-bond acceptors (Lipinski definition) is 6. The van der Waals surface area contributed by atoms with Crippen LogP contribution in [0.25, 0.3) is 0 Å². The van der Waals surface area contributed by atoms with Crippen LogP contribution in [0.4, 0.5) is 11.4 Å². The Morgan fingerprint density at radius 2 is 1.70 bits per heavy atom. The summed E-state index contributed by atoms with van der Waals surface area (Å²) in [6.45, 7) is 13.1. The van der Waals surface area contributed by atoms with E-state index >= 15 is 0 Å². The third kappa shape index (κ3) is 9.96. The molecule has 2 atom stereocenters. The van der Waals surface area contributed by atoms with Crippen LogP contribution >= 0.6 is 0 Å². The van der Waals surface area contributed by atoms with E-state index in [1.54, 1.807) is 40.4 Å². The molecule has 0 aliphatic heterocycles. The number of carbonyl (C=O) groups excluding carboxylic acids is 3. The summed E-state index contributed by atoms with van der Waals surface area (Å²) < 4.78 is 0. The van der Waals surface area contributed by atoms with Crippen molar-refractivity contribution < 1.29 is 14.4 Å². The maximum absolute atomic E-state index is 13.8. The van der Waals surface area contributed by atoms with Gasteiger partial charge < -0.3 is 26.2 Å². The molecular weight excluding hydrogens is 504 g/mol. The lowest BCUT2D eigenvalue weighted by Crippen LogP contribution is -2.59. The molecule has 1 unspecified atom stereocenters. The summed E-state index contributed by atoms with van der Waals surface area (Å²) in [5.41, 5.74) is 2.60. The second kappa shape index (κ2) is 17.6. The Labute approximate surface area is 239 Å². The number of rotatable bonds is 15. The van der Waals surface area contributed by atoms with Crippen LogP contribution in [0.15, 0.2) is 66.3 Å². The molecule has 9 nitrogen and oxygen atoms in total. The fraction of sp³-hybridized carbons (Fsp3) is 0.419. The van der Waals surface area contributed by atoms with Crippen LogP contribution < -0.4 is 21.3 Å². The number of anilines is 1. The van der Waals surface area contributed by atoms with Gasteiger partial charge >= 0.3 is 0 Å². The smallest absolute Gasteiger partial charge is 0.246 e. The third-order valence-corrected chi connectivity index (χ3v) is 6.52. The number of likely N-dealkylation sites (N-methyl/N-ethyl adjacent to an activating group) is 2. The van der Waals surface area contributed by atoms with Crippen LogP contribution in [0.3, 0.4) is 0 Å². The monoisotopic (exact) mass is 550 g/mol. The number of aryl methyl sites for hydroxylation is 1. The van der Waals surface area contributed by atoms with Crippen molar-refractivity contribution in [2.24, 2.45) is 4.99 Å². The summed E-state index contributed by atoms with van der Waals surface area (Å²) in [5.74, 6) is -0.634. The van der Waals surface area contributed by atoms with Crippen molar-refractivity contribution in [1.82, 2.24) is 20.9 Å². The first-order valence-corrected chi connectivity index (χ1v) is 13.7. The molecule has 9 heteroatoms. The Morgan fingerprint density at radius 3 is 2.30 bits per heavy atom. The highest BCUT2D eigenvalue weighted by molar-refractivity contribution is 5.92. The molecule has 3 amide bonds. The zero-order valence-corrected chi connectivity index (χ0v) is 25.0. The molecule has 0 radical (unpaired) electrons. The van der Waals surface area contributed by atoms with Gasteiger partial charge in [-0.3, -0.25) is 19.4 Å². The molecule has 0 saturated heterocycles. The van der Waals surface area contributed by atoms with E-state index in [4.69, 9.17) is 0 Å². The van der Waals surface area contributed by atoms with Crippen molar-refractivity contribution in [3.8, 4) is 0 Å². The predicted molar refractivity (Wildman–Crippen MR) is 165 cm³/mol. The van der Waals surface area contributed by atoms with E-state index in [0.717, 1.165) is 22.5 Å².